The maximum atomic E-state index is 14.7. The third kappa shape index (κ3) is 6.06. The Balaban J connectivity index is 1.62. The zero-order valence-corrected chi connectivity index (χ0v) is 20.4. The lowest BCUT2D eigenvalue weighted by atomic mass is 9.99. The minimum Gasteiger partial charge on any atom is -0.379 e. The average Bonchev–Trinajstić information content (AvgIpc) is 3.37. The Morgan fingerprint density at radius 3 is 2.67 bits per heavy atom. The number of likely N-dealkylation sites (tertiary alicyclic amines) is 1. The van der Waals surface area contributed by atoms with E-state index in [1.807, 2.05) is 11.9 Å². The lowest BCUT2D eigenvalue weighted by Crippen LogP contribution is -2.46. The first-order valence-electron chi connectivity index (χ1n) is 12.4. The molecule has 1 aromatic heterocycles. The van der Waals surface area contributed by atoms with Gasteiger partial charge in [0.25, 0.3) is 0 Å². The molecular weight excluding hydrogens is 472 g/mol. The van der Waals surface area contributed by atoms with Crippen molar-refractivity contribution < 1.29 is 22.4 Å². The number of fused-ring (bicyclic) bond motifs is 1. The first kappa shape index (κ1) is 26.1. The van der Waals surface area contributed by atoms with E-state index in [-0.39, 0.29) is 29.4 Å². The number of nitrogens with zero attached hydrogens (tertiary/aromatic N) is 2. The average molecular weight is 505 g/mol. The number of piperidine rings is 1. The van der Waals surface area contributed by atoms with Crippen molar-refractivity contribution in [3.05, 3.63) is 48.3 Å². The first-order chi connectivity index (χ1) is 17.1. The summed E-state index contributed by atoms with van der Waals surface area (Å²) in [5.41, 5.74) is -0.462. The van der Waals surface area contributed by atoms with Crippen LogP contribution < -0.4 is 10.6 Å². The SMILES string of the molecule is C=C(c1nc(/C=C/CNC(=O)C2CCCC2)cc2c(N[C@@H]3CCN(C)C[C@@H]3F)cccc12)C(F)(F)F. The summed E-state index contributed by atoms with van der Waals surface area (Å²) < 4.78 is 55.6. The van der Waals surface area contributed by atoms with E-state index in [1.165, 1.54) is 0 Å². The van der Waals surface area contributed by atoms with Crippen LogP contribution in [0.25, 0.3) is 22.4 Å². The summed E-state index contributed by atoms with van der Waals surface area (Å²) >= 11 is 0. The van der Waals surface area contributed by atoms with Crippen LogP contribution in [0.2, 0.25) is 0 Å². The van der Waals surface area contributed by atoms with Gasteiger partial charge in [-0.2, -0.15) is 13.2 Å². The van der Waals surface area contributed by atoms with E-state index in [4.69, 9.17) is 0 Å². The molecule has 5 nitrogen and oxygen atoms in total. The number of halogens is 4. The highest BCUT2D eigenvalue weighted by molar-refractivity contribution is 6.00. The van der Waals surface area contributed by atoms with Crippen molar-refractivity contribution in [3.63, 3.8) is 0 Å². The van der Waals surface area contributed by atoms with Gasteiger partial charge < -0.3 is 15.5 Å². The number of pyridine rings is 1. The van der Waals surface area contributed by atoms with Crippen LogP contribution in [0.15, 0.2) is 36.9 Å². The van der Waals surface area contributed by atoms with E-state index in [1.54, 1.807) is 36.4 Å². The largest absolute Gasteiger partial charge is 0.417 e. The second-order valence-corrected chi connectivity index (χ2v) is 9.72. The summed E-state index contributed by atoms with van der Waals surface area (Å²) in [7, 11) is 1.86. The molecule has 1 aromatic carbocycles. The smallest absolute Gasteiger partial charge is 0.379 e. The molecule has 2 N–H and O–H groups in total. The Hall–Kier alpha value is -2.94. The molecule has 0 bridgehead atoms. The van der Waals surface area contributed by atoms with Crippen LogP contribution in [0, 0.1) is 5.92 Å². The summed E-state index contributed by atoms with van der Waals surface area (Å²) in [4.78, 5) is 18.4. The van der Waals surface area contributed by atoms with E-state index in [0.717, 1.165) is 32.2 Å². The number of benzene rings is 1. The van der Waals surface area contributed by atoms with Crippen LogP contribution in [0.1, 0.15) is 43.5 Å². The van der Waals surface area contributed by atoms with E-state index in [2.05, 4.69) is 22.2 Å². The number of carbonyl (C=O) groups is 1. The molecule has 2 heterocycles. The van der Waals surface area contributed by atoms with Gasteiger partial charge in [0.15, 0.2) is 0 Å². The molecular formula is C27H32F4N4O. The molecule has 2 fully saturated rings. The lowest BCUT2D eigenvalue weighted by Gasteiger charge is -2.33. The predicted molar refractivity (Wildman–Crippen MR) is 135 cm³/mol. The minimum atomic E-state index is -4.65. The van der Waals surface area contributed by atoms with Gasteiger partial charge in [0.1, 0.15) is 6.17 Å². The first-order valence-corrected chi connectivity index (χ1v) is 12.4. The monoisotopic (exact) mass is 504 g/mol. The van der Waals surface area contributed by atoms with E-state index in [9.17, 15) is 22.4 Å². The highest BCUT2D eigenvalue weighted by Crippen LogP contribution is 2.37. The number of hydrogen-bond donors (Lipinski definition) is 2. The third-order valence-corrected chi connectivity index (χ3v) is 7.02. The highest BCUT2D eigenvalue weighted by Gasteiger charge is 2.35. The fraction of sp³-hybridized carbons (Fsp3) is 0.481. The zero-order valence-electron chi connectivity index (χ0n) is 20.4. The molecule has 0 spiro atoms. The summed E-state index contributed by atoms with van der Waals surface area (Å²) in [6, 6.07) is 6.18. The quantitative estimate of drug-likeness (QED) is 0.483. The molecule has 4 rings (SSSR count). The van der Waals surface area contributed by atoms with Crippen molar-refractivity contribution in [3.8, 4) is 0 Å². The zero-order chi connectivity index (χ0) is 25.9. The molecule has 194 valence electrons. The molecule has 0 radical (unpaired) electrons. The summed E-state index contributed by atoms with van der Waals surface area (Å²) in [5, 5.41) is 6.87. The van der Waals surface area contributed by atoms with Gasteiger partial charge in [0.2, 0.25) is 5.91 Å². The molecule has 1 amide bonds. The number of rotatable bonds is 7. The second-order valence-electron chi connectivity index (χ2n) is 9.72. The molecule has 1 aliphatic carbocycles. The number of alkyl halides is 4. The van der Waals surface area contributed by atoms with E-state index >= 15 is 0 Å². The molecule has 1 aliphatic heterocycles. The molecule has 2 atom stereocenters. The third-order valence-electron chi connectivity index (χ3n) is 7.02. The molecule has 36 heavy (non-hydrogen) atoms. The van der Waals surface area contributed by atoms with E-state index < -0.39 is 24.0 Å². The van der Waals surface area contributed by atoms with Crippen molar-refractivity contribution >= 4 is 34.0 Å². The van der Waals surface area contributed by atoms with Crippen molar-refractivity contribution in [2.24, 2.45) is 5.92 Å². The molecule has 9 heteroatoms. The van der Waals surface area contributed by atoms with Crippen LogP contribution in [0.3, 0.4) is 0 Å². The topological polar surface area (TPSA) is 57.3 Å². The van der Waals surface area contributed by atoms with Crippen molar-refractivity contribution in [2.45, 2.75) is 50.5 Å². The minimum absolute atomic E-state index is 0.000138. The summed E-state index contributed by atoms with van der Waals surface area (Å²) in [6.07, 6.45) is 1.96. The maximum absolute atomic E-state index is 14.7. The Morgan fingerprint density at radius 1 is 1.22 bits per heavy atom. The predicted octanol–water partition coefficient (Wildman–Crippen LogP) is 5.58. The van der Waals surface area contributed by atoms with Crippen LogP contribution in [0.5, 0.6) is 0 Å². The number of hydrogen-bond acceptors (Lipinski definition) is 4. The Morgan fingerprint density at radius 2 is 1.97 bits per heavy atom. The number of anilines is 1. The molecule has 2 aromatic rings. The summed E-state index contributed by atoms with van der Waals surface area (Å²) in [5.74, 6) is 0.0339. The van der Waals surface area contributed by atoms with Gasteiger partial charge in [-0.15, -0.1) is 0 Å². The van der Waals surface area contributed by atoms with Crippen LogP contribution in [-0.4, -0.2) is 60.9 Å². The van der Waals surface area contributed by atoms with Crippen LogP contribution >= 0.6 is 0 Å². The highest BCUT2D eigenvalue weighted by atomic mass is 19.4. The maximum Gasteiger partial charge on any atom is 0.417 e. The van der Waals surface area contributed by atoms with Gasteiger partial charge in [-0.05, 0) is 44.5 Å². The standard InChI is InChI=1S/C27H32F4N4O/c1-17(27(29,30)31)25-20-10-5-11-23(34-24-12-14-35(2)16-22(24)28)21(20)15-19(33-25)9-6-13-32-26(36)18-7-3-4-8-18/h5-6,9-11,15,18,22,24,34H,1,3-4,7-8,12-14,16H2,2H3,(H,32,36)/b9-6+/t22-,24+/m0/s1. The van der Waals surface area contributed by atoms with Crippen molar-refractivity contribution in [2.75, 3.05) is 32.0 Å². The Labute approximate surface area is 208 Å². The summed E-state index contributed by atoms with van der Waals surface area (Å²) in [6.45, 7) is 4.53. The van der Waals surface area contributed by atoms with E-state index in [0.29, 0.717) is 29.7 Å². The molecule has 1 saturated carbocycles. The number of allylic oxidation sites excluding steroid dienone is 1. The number of amides is 1. The van der Waals surface area contributed by atoms with Crippen LogP contribution in [0.4, 0.5) is 23.2 Å². The Bertz CT molecular complexity index is 1140. The molecule has 0 unspecified atom stereocenters. The Kier molecular flexibility index (Phi) is 7.97. The number of nitrogens with one attached hydrogen (secondary N) is 2. The van der Waals surface area contributed by atoms with Gasteiger partial charge in [-0.3, -0.25) is 4.79 Å². The second kappa shape index (κ2) is 11.0. The lowest BCUT2D eigenvalue weighted by molar-refractivity contribution is -0.124. The normalized spacial score (nSPS) is 21.8. The fourth-order valence-electron chi connectivity index (χ4n) is 4.96. The number of carbonyl (C=O) groups excluding carboxylic acids is 1. The van der Waals surface area contributed by atoms with Gasteiger partial charge in [0, 0.05) is 42.0 Å². The molecule has 1 saturated heterocycles. The fourth-order valence-corrected chi connectivity index (χ4v) is 4.96. The van der Waals surface area contributed by atoms with Crippen LogP contribution in [-0.2, 0) is 4.79 Å². The van der Waals surface area contributed by atoms with Gasteiger partial charge in [-0.25, -0.2) is 9.37 Å². The molecule has 2 aliphatic rings. The van der Waals surface area contributed by atoms with Crippen molar-refractivity contribution in [1.29, 1.82) is 0 Å². The van der Waals surface area contributed by atoms with Gasteiger partial charge >= 0.3 is 6.18 Å². The number of aromatic nitrogens is 1. The van der Waals surface area contributed by atoms with Gasteiger partial charge in [-0.1, -0.05) is 37.6 Å². The van der Waals surface area contributed by atoms with Gasteiger partial charge in [0.05, 0.1) is 23.0 Å². The van der Waals surface area contributed by atoms with Crippen molar-refractivity contribution in [1.82, 2.24) is 15.2 Å².